The van der Waals surface area contributed by atoms with Crippen LogP contribution in [0.3, 0.4) is 0 Å². The molecule has 0 radical (unpaired) electrons. The Bertz CT molecular complexity index is 751. The monoisotopic (exact) mass is 276 g/mol. The predicted molar refractivity (Wildman–Crippen MR) is 86.5 cm³/mol. The third-order valence-corrected chi connectivity index (χ3v) is 3.12. The van der Waals surface area contributed by atoms with Crippen LogP contribution >= 0.6 is 0 Å². The molecule has 2 N–H and O–H groups in total. The van der Waals surface area contributed by atoms with E-state index in [1.165, 1.54) is 0 Å². The van der Waals surface area contributed by atoms with Gasteiger partial charge in [0.15, 0.2) is 0 Å². The second kappa shape index (κ2) is 5.67. The fraction of sp³-hybridized carbons (Fsp3) is 0.0556. The van der Waals surface area contributed by atoms with Crippen LogP contribution in [0.25, 0.3) is 22.6 Å². The molecule has 0 unspecified atom stereocenters. The highest BCUT2D eigenvalue weighted by Gasteiger charge is 2.06. The number of hydrogen-bond donors (Lipinski definition) is 1. The van der Waals surface area contributed by atoms with Crippen LogP contribution in [0.15, 0.2) is 76.1 Å². The first kappa shape index (κ1) is 13.2. The van der Waals surface area contributed by atoms with Crippen molar-refractivity contribution in [2.24, 2.45) is 10.7 Å². The average Bonchev–Trinajstić information content (AvgIpc) is 2.98. The lowest BCUT2D eigenvalue weighted by molar-refractivity contribution is 0.597. The predicted octanol–water partition coefficient (Wildman–Crippen LogP) is 4.62. The minimum atomic E-state index is 0.548. The summed E-state index contributed by atoms with van der Waals surface area (Å²) in [6, 6.07) is 21.8. The molecule has 0 aliphatic rings. The van der Waals surface area contributed by atoms with Crippen molar-refractivity contribution in [1.29, 1.82) is 0 Å². The van der Waals surface area contributed by atoms with E-state index in [-0.39, 0.29) is 0 Å². The lowest BCUT2D eigenvalue weighted by Gasteiger charge is -2.00. The van der Waals surface area contributed by atoms with Gasteiger partial charge in [-0.15, -0.1) is 0 Å². The van der Waals surface area contributed by atoms with E-state index in [9.17, 15) is 0 Å². The lowest BCUT2D eigenvalue weighted by Crippen LogP contribution is -2.03. The third kappa shape index (κ3) is 3.03. The summed E-state index contributed by atoms with van der Waals surface area (Å²) in [5, 5.41) is 0. The molecule has 2 aromatic carbocycles. The molecule has 0 bridgehead atoms. The van der Waals surface area contributed by atoms with Gasteiger partial charge in [-0.25, -0.2) is 4.99 Å². The van der Waals surface area contributed by atoms with Crippen LogP contribution in [0.5, 0.6) is 0 Å². The topological polar surface area (TPSA) is 51.5 Å². The van der Waals surface area contributed by atoms with Crippen molar-refractivity contribution in [3.8, 4) is 22.6 Å². The van der Waals surface area contributed by atoms with E-state index in [1.54, 1.807) is 6.92 Å². The first-order valence-corrected chi connectivity index (χ1v) is 6.79. The standard InChI is InChI=1S/C18H16N2O/c1-13(19)20-16-9-7-15(8-10-16)18-12-11-17(21-18)14-5-3-2-4-6-14/h2-12H,1H3,(H2,19,20). The summed E-state index contributed by atoms with van der Waals surface area (Å²) in [4.78, 5) is 4.21. The van der Waals surface area contributed by atoms with Gasteiger partial charge >= 0.3 is 0 Å². The summed E-state index contributed by atoms with van der Waals surface area (Å²) in [6.07, 6.45) is 0. The SMILES string of the molecule is CC(N)=Nc1ccc(-c2ccc(-c3ccccc3)o2)cc1. The molecule has 3 aromatic rings. The van der Waals surface area contributed by atoms with Gasteiger partial charge in [-0.3, -0.25) is 0 Å². The van der Waals surface area contributed by atoms with Crippen LogP contribution in [-0.2, 0) is 0 Å². The normalized spacial score (nSPS) is 11.6. The van der Waals surface area contributed by atoms with Crippen molar-refractivity contribution < 1.29 is 4.42 Å². The van der Waals surface area contributed by atoms with Crippen molar-refractivity contribution in [2.45, 2.75) is 6.92 Å². The summed E-state index contributed by atoms with van der Waals surface area (Å²) in [5.74, 6) is 2.26. The zero-order valence-electron chi connectivity index (χ0n) is 11.8. The molecule has 0 aliphatic carbocycles. The second-order valence-corrected chi connectivity index (χ2v) is 4.83. The summed E-state index contributed by atoms with van der Waals surface area (Å²) >= 11 is 0. The van der Waals surface area contributed by atoms with Crippen molar-refractivity contribution >= 4 is 11.5 Å². The molecule has 3 rings (SSSR count). The van der Waals surface area contributed by atoms with Crippen LogP contribution in [0, 0.1) is 0 Å². The maximum Gasteiger partial charge on any atom is 0.134 e. The number of nitrogens with zero attached hydrogens (tertiary/aromatic N) is 1. The molecule has 0 saturated heterocycles. The lowest BCUT2D eigenvalue weighted by atomic mass is 10.1. The Kier molecular flexibility index (Phi) is 3.56. The fourth-order valence-corrected chi connectivity index (χ4v) is 2.15. The maximum absolute atomic E-state index is 5.92. The van der Waals surface area contributed by atoms with Gasteiger partial charge in [-0.05, 0) is 43.3 Å². The largest absolute Gasteiger partial charge is 0.456 e. The molecule has 3 nitrogen and oxygen atoms in total. The van der Waals surface area contributed by atoms with Gasteiger partial charge in [0.05, 0.1) is 11.5 Å². The number of amidine groups is 1. The maximum atomic E-state index is 5.92. The molecule has 1 heterocycles. The second-order valence-electron chi connectivity index (χ2n) is 4.83. The highest BCUT2D eigenvalue weighted by atomic mass is 16.3. The number of aliphatic imine (C=N–C) groups is 1. The molecule has 0 atom stereocenters. The summed E-state index contributed by atoms with van der Waals surface area (Å²) in [6.45, 7) is 1.77. The van der Waals surface area contributed by atoms with Gasteiger partial charge in [-0.1, -0.05) is 30.3 Å². The smallest absolute Gasteiger partial charge is 0.134 e. The molecular formula is C18H16N2O. The van der Waals surface area contributed by atoms with Crippen molar-refractivity contribution in [2.75, 3.05) is 0 Å². The van der Waals surface area contributed by atoms with Gasteiger partial charge < -0.3 is 10.2 Å². The van der Waals surface area contributed by atoms with E-state index in [0.29, 0.717) is 5.84 Å². The van der Waals surface area contributed by atoms with Gasteiger partial charge in [0.25, 0.3) is 0 Å². The van der Waals surface area contributed by atoms with E-state index in [2.05, 4.69) is 4.99 Å². The van der Waals surface area contributed by atoms with Crippen LogP contribution in [0.4, 0.5) is 5.69 Å². The molecule has 3 heteroatoms. The summed E-state index contributed by atoms with van der Waals surface area (Å²) < 4.78 is 5.92. The Labute approximate surface area is 123 Å². The van der Waals surface area contributed by atoms with Gasteiger partial charge in [-0.2, -0.15) is 0 Å². The average molecular weight is 276 g/mol. The number of nitrogens with two attached hydrogens (primary N) is 1. The molecule has 0 fully saturated rings. The number of benzene rings is 2. The van der Waals surface area contributed by atoms with E-state index < -0.39 is 0 Å². The molecule has 0 spiro atoms. The van der Waals surface area contributed by atoms with E-state index >= 15 is 0 Å². The number of furan rings is 1. The Morgan fingerprint density at radius 1 is 0.810 bits per heavy atom. The zero-order chi connectivity index (χ0) is 14.7. The first-order chi connectivity index (χ1) is 10.2. The molecular weight excluding hydrogens is 260 g/mol. The van der Waals surface area contributed by atoms with Crippen molar-refractivity contribution in [3.63, 3.8) is 0 Å². The van der Waals surface area contributed by atoms with Gasteiger partial charge in [0.2, 0.25) is 0 Å². The summed E-state index contributed by atoms with van der Waals surface area (Å²) in [5.41, 5.74) is 8.51. The first-order valence-electron chi connectivity index (χ1n) is 6.79. The van der Waals surface area contributed by atoms with E-state index in [4.69, 9.17) is 10.2 Å². The highest BCUT2D eigenvalue weighted by molar-refractivity contribution is 5.80. The van der Waals surface area contributed by atoms with Crippen molar-refractivity contribution in [1.82, 2.24) is 0 Å². The number of hydrogen-bond acceptors (Lipinski definition) is 2. The highest BCUT2D eigenvalue weighted by Crippen LogP contribution is 2.29. The Balaban J connectivity index is 1.88. The molecule has 1 aromatic heterocycles. The fourth-order valence-electron chi connectivity index (χ4n) is 2.15. The molecule has 21 heavy (non-hydrogen) atoms. The quantitative estimate of drug-likeness (QED) is 0.560. The van der Waals surface area contributed by atoms with E-state index in [0.717, 1.165) is 28.3 Å². The van der Waals surface area contributed by atoms with Crippen LogP contribution < -0.4 is 5.73 Å². The molecule has 0 aliphatic heterocycles. The Hall–Kier alpha value is -2.81. The van der Waals surface area contributed by atoms with Gasteiger partial charge in [0, 0.05) is 11.1 Å². The molecule has 0 saturated carbocycles. The Morgan fingerprint density at radius 2 is 1.38 bits per heavy atom. The minimum absolute atomic E-state index is 0.548. The van der Waals surface area contributed by atoms with Crippen LogP contribution in [0.1, 0.15) is 6.92 Å². The third-order valence-electron chi connectivity index (χ3n) is 3.12. The summed E-state index contributed by atoms with van der Waals surface area (Å²) in [7, 11) is 0. The number of rotatable bonds is 3. The van der Waals surface area contributed by atoms with Crippen molar-refractivity contribution in [3.05, 3.63) is 66.7 Å². The minimum Gasteiger partial charge on any atom is -0.456 e. The van der Waals surface area contributed by atoms with Gasteiger partial charge in [0.1, 0.15) is 11.5 Å². The molecule has 0 amide bonds. The van der Waals surface area contributed by atoms with E-state index in [1.807, 2.05) is 66.7 Å². The van der Waals surface area contributed by atoms with Crippen LogP contribution in [0.2, 0.25) is 0 Å². The zero-order valence-corrected chi connectivity index (χ0v) is 11.8. The van der Waals surface area contributed by atoms with Crippen LogP contribution in [-0.4, -0.2) is 5.84 Å². The molecule has 104 valence electrons. The Morgan fingerprint density at radius 3 is 1.95 bits per heavy atom.